The van der Waals surface area contributed by atoms with Gasteiger partial charge in [-0.25, -0.2) is 4.39 Å². The summed E-state index contributed by atoms with van der Waals surface area (Å²) in [6.45, 7) is 1.06. The molecule has 7 heteroatoms. The van der Waals surface area contributed by atoms with E-state index >= 15 is 0 Å². The maximum atomic E-state index is 13.6. The molecule has 0 fully saturated rings. The van der Waals surface area contributed by atoms with Crippen LogP contribution in [0.2, 0.25) is 0 Å². The van der Waals surface area contributed by atoms with Crippen molar-refractivity contribution in [2.45, 2.75) is 12.4 Å². The highest BCUT2D eigenvalue weighted by Gasteiger charge is 2.16. The van der Waals surface area contributed by atoms with Gasteiger partial charge in [0.1, 0.15) is 11.6 Å². The van der Waals surface area contributed by atoms with E-state index in [1.54, 1.807) is 19.2 Å². The van der Waals surface area contributed by atoms with E-state index in [0.29, 0.717) is 34.8 Å². The largest absolute Gasteiger partial charge is 0.383 e. The lowest BCUT2D eigenvalue weighted by Gasteiger charge is -2.10. The van der Waals surface area contributed by atoms with E-state index in [1.807, 2.05) is 4.57 Å². The van der Waals surface area contributed by atoms with Crippen molar-refractivity contribution in [1.29, 1.82) is 0 Å². The maximum absolute atomic E-state index is 13.6. The van der Waals surface area contributed by atoms with Crippen LogP contribution in [0.25, 0.3) is 11.4 Å². The molecule has 4 nitrogen and oxygen atoms in total. The average molecular weight is 349 g/mol. The van der Waals surface area contributed by atoms with Gasteiger partial charge in [-0.2, -0.15) is 0 Å². The molecule has 102 valence electrons. The molecule has 0 aliphatic heterocycles. The highest BCUT2D eigenvalue weighted by atomic mass is 79.9. The van der Waals surface area contributed by atoms with Crippen LogP contribution in [0.1, 0.15) is 5.82 Å². The Balaban J connectivity index is 2.49. The van der Waals surface area contributed by atoms with Crippen molar-refractivity contribution in [2.75, 3.05) is 13.7 Å². The number of hydrogen-bond acceptors (Lipinski definition) is 3. The van der Waals surface area contributed by atoms with Crippen molar-refractivity contribution in [3.63, 3.8) is 0 Å². The van der Waals surface area contributed by atoms with Crippen LogP contribution in [0.4, 0.5) is 4.39 Å². The minimum absolute atomic E-state index is 0.240. The average Bonchev–Trinajstić information content (AvgIpc) is 2.82. The van der Waals surface area contributed by atoms with Crippen LogP contribution in [-0.4, -0.2) is 28.5 Å². The number of nitrogens with zero attached hydrogens (tertiary/aromatic N) is 3. The highest BCUT2D eigenvalue weighted by molar-refractivity contribution is 9.10. The molecule has 0 bridgehead atoms. The predicted octanol–water partition coefficient (Wildman–Crippen LogP) is 3.23. The zero-order valence-corrected chi connectivity index (χ0v) is 12.6. The van der Waals surface area contributed by atoms with E-state index in [2.05, 4.69) is 26.1 Å². The first-order valence-corrected chi connectivity index (χ1v) is 6.93. The number of hydrogen-bond donors (Lipinski definition) is 0. The smallest absolute Gasteiger partial charge is 0.165 e. The van der Waals surface area contributed by atoms with E-state index in [4.69, 9.17) is 16.3 Å². The van der Waals surface area contributed by atoms with Crippen molar-refractivity contribution in [2.24, 2.45) is 0 Å². The third-order valence-corrected chi connectivity index (χ3v) is 3.70. The van der Waals surface area contributed by atoms with Crippen molar-refractivity contribution in [3.8, 4) is 11.4 Å². The molecule has 0 aliphatic rings. The Morgan fingerprint density at radius 1 is 1.42 bits per heavy atom. The first kappa shape index (κ1) is 14.4. The van der Waals surface area contributed by atoms with E-state index in [9.17, 15) is 4.39 Å². The fourth-order valence-corrected chi connectivity index (χ4v) is 2.37. The molecule has 1 heterocycles. The fourth-order valence-electron chi connectivity index (χ4n) is 1.73. The maximum Gasteiger partial charge on any atom is 0.165 e. The summed E-state index contributed by atoms with van der Waals surface area (Å²) < 4.78 is 20.8. The molecular formula is C12H12BrClFN3O. The van der Waals surface area contributed by atoms with Gasteiger partial charge in [0, 0.05) is 19.2 Å². The molecule has 1 aromatic carbocycles. The van der Waals surface area contributed by atoms with Crippen LogP contribution in [0.15, 0.2) is 22.7 Å². The van der Waals surface area contributed by atoms with Crippen LogP contribution >= 0.6 is 27.5 Å². The minimum Gasteiger partial charge on any atom is -0.383 e. The summed E-state index contributed by atoms with van der Waals surface area (Å²) in [5.74, 6) is 1.10. The van der Waals surface area contributed by atoms with Crippen LogP contribution < -0.4 is 0 Å². The molecule has 0 amide bonds. The topological polar surface area (TPSA) is 39.9 Å². The molecule has 2 aromatic rings. The van der Waals surface area contributed by atoms with Gasteiger partial charge in [0.05, 0.1) is 17.0 Å². The van der Waals surface area contributed by atoms with Crippen LogP contribution in [-0.2, 0) is 17.2 Å². The van der Waals surface area contributed by atoms with Gasteiger partial charge in [0.15, 0.2) is 5.82 Å². The number of alkyl halides is 1. The molecule has 2 rings (SSSR count). The standard InChI is InChI=1S/C12H12BrClFN3O/c1-19-6-5-18-10(7-14)16-17-12(18)8-3-2-4-9(15)11(8)13/h2-4H,5-7H2,1H3. The molecule has 0 atom stereocenters. The molecule has 19 heavy (non-hydrogen) atoms. The van der Waals surface area contributed by atoms with E-state index in [1.165, 1.54) is 6.07 Å². The van der Waals surface area contributed by atoms with Crippen LogP contribution in [0.3, 0.4) is 0 Å². The normalized spacial score (nSPS) is 10.9. The van der Waals surface area contributed by atoms with Gasteiger partial charge in [-0.15, -0.1) is 21.8 Å². The predicted molar refractivity (Wildman–Crippen MR) is 74.5 cm³/mol. The molecule has 1 aromatic heterocycles. The van der Waals surface area contributed by atoms with Crippen molar-refractivity contribution in [1.82, 2.24) is 14.8 Å². The number of halogens is 3. The van der Waals surface area contributed by atoms with Crippen molar-refractivity contribution in [3.05, 3.63) is 34.3 Å². The lowest BCUT2D eigenvalue weighted by molar-refractivity contribution is 0.187. The van der Waals surface area contributed by atoms with Gasteiger partial charge in [-0.3, -0.25) is 0 Å². The molecule has 0 aliphatic carbocycles. The Labute approximate surface area is 123 Å². The molecular weight excluding hydrogens is 337 g/mol. The molecule has 0 saturated heterocycles. The Morgan fingerprint density at radius 3 is 2.89 bits per heavy atom. The van der Waals surface area contributed by atoms with Gasteiger partial charge in [-0.05, 0) is 28.1 Å². The van der Waals surface area contributed by atoms with Gasteiger partial charge in [0.2, 0.25) is 0 Å². The Hall–Kier alpha value is -0.980. The number of rotatable bonds is 5. The molecule has 0 spiro atoms. The summed E-state index contributed by atoms with van der Waals surface area (Å²) in [6, 6.07) is 4.79. The molecule has 0 unspecified atom stereocenters. The van der Waals surface area contributed by atoms with Crippen molar-refractivity contribution >= 4 is 27.5 Å². The van der Waals surface area contributed by atoms with E-state index < -0.39 is 0 Å². The Bertz CT molecular complexity index is 576. The van der Waals surface area contributed by atoms with Gasteiger partial charge in [0.25, 0.3) is 0 Å². The molecule has 0 saturated carbocycles. The second-order valence-electron chi connectivity index (χ2n) is 3.82. The lowest BCUT2D eigenvalue weighted by atomic mass is 10.2. The third kappa shape index (κ3) is 2.96. The zero-order valence-electron chi connectivity index (χ0n) is 10.2. The van der Waals surface area contributed by atoms with Crippen molar-refractivity contribution < 1.29 is 9.13 Å². The van der Waals surface area contributed by atoms with Gasteiger partial charge < -0.3 is 9.30 Å². The minimum atomic E-state index is -0.341. The van der Waals surface area contributed by atoms with Crippen LogP contribution in [0.5, 0.6) is 0 Å². The highest BCUT2D eigenvalue weighted by Crippen LogP contribution is 2.29. The second-order valence-corrected chi connectivity index (χ2v) is 4.88. The Kier molecular flexibility index (Phi) is 4.90. The monoisotopic (exact) mass is 347 g/mol. The van der Waals surface area contributed by atoms with Gasteiger partial charge >= 0.3 is 0 Å². The zero-order chi connectivity index (χ0) is 13.8. The first-order chi connectivity index (χ1) is 9.19. The summed E-state index contributed by atoms with van der Waals surface area (Å²) in [7, 11) is 1.61. The fraction of sp³-hybridized carbons (Fsp3) is 0.333. The lowest BCUT2D eigenvalue weighted by Crippen LogP contribution is -2.09. The first-order valence-electron chi connectivity index (χ1n) is 5.60. The summed E-state index contributed by atoms with van der Waals surface area (Å²) in [4.78, 5) is 0. The SMILES string of the molecule is COCCn1c(CCl)nnc1-c1cccc(F)c1Br. The number of ether oxygens (including phenoxy) is 1. The summed E-state index contributed by atoms with van der Waals surface area (Å²) in [6.07, 6.45) is 0. The molecule has 0 radical (unpaired) electrons. The molecule has 0 N–H and O–H groups in total. The Morgan fingerprint density at radius 2 is 2.21 bits per heavy atom. The van der Waals surface area contributed by atoms with Crippen LogP contribution in [0, 0.1) is 5.82 Å². The third-order valence-electron chi connectivity index (χ3n) is 2.66. The number of benzene rings is 1. The quantitative estimate of drug-likeness (QED) is 0.779. The summed E-state index contributed by atoms with van der Waals surface area (Å²) in [5.41, 5.74) is 0.639. The van der Waals surface area contributed by atoms with E-state index in [-0.39, 0.29) is 11.7 Å². The van der Waals surface area contributed by atoms with Gasteiger partial charge in [-0.1, -0.05) is 6.07 Å². The van der Waals surface area contributed by atoms with E-state index in [0.717, 1.165) is 0 Å². The summed E-state index contributed by atoms with van der Waals surface area (Å²) in [5, 5.41) is 8.11. The summed E-state index contributed by atoms with van der Waals surface area (Å²) >= 11 is 9.06. The number of methoxy groups -OCH3 is 1. The second kappa shape index (κ2) is 6.45. The number of aromatic nitrogens is 3.